The molecule has 0 fully saturated rings. The zero-order valence-corrected chi connectivity index (χ0v) is 15.6. The summed E-state index contributed by atoms with van der Waals surface area (Å²) in [4.78, 5) is 23.4. The molecule has 4 nitrogen and oxygen atoms in total. The second-order valence-electron chi connectivity index (χ2n) is 7.09. The summed E-state index contributed by atoms with van der Waals surface area (Å²) in [6.45, 7) is 9.94. The summed E-state index contributed by atoms with van der Waals surface area (Å²) in [6.07, 6.45) is 0. The first-order valence-corrected chi connectivity index (χ1v) is 8.18. The van der Waals surface area contributed by atoms with E-state index in [9.17, 15) is 18.4 Å². The zero-order valence-electron chi connectivity index (χ0n) is 15.6. The van der Waals surface area contributed by atoms with Crippen LogP contribution >= 0.6 is 0 Å². The van der Waals surface area contributed by atoms with Crippen LogP contribution in [-0.4, -0.2) is 11.9 Å². The lowest BCUT2D eigenvalue weighted by atomic mass is 9.97. The predicted octanol–water partition coefficient (Wildman–Crippen LogP) is 5.06. The van der Waals surface area contributed by atoms with Crippen LogP contribution in [0.15, 0.2) is 48.6 Å². The van der Waals surface area contributed by atoms with Crippen molar-refractivity contribution in [1.82, 2.24) is 0 Å². The third-order valence-corrected chi connectivity index (χ3v) is 3.55. The second kappa shape index (κ2) is 7.70. The minimum atomic E-state index is -0.764. The molecule has 0 amide bonds. The maximum absolute atomic E-state index is 14.4. The van der Waals surface area contributed by atoms with Crippen LogP contribution in [0.2, 0.25) is 0 Å². The van der Waals surface area contributed by atoms with Crippen LogP contribution in [0.1, 0.15) is 27.7 Å². The molecule has 2 aromatic rings. The normalized spacial score (nSPS) is 11.0. The van der Waals surface area contributed by atoms with Crippen LogP contribution in [0.25, 0.3) is 11.1 Å². The monoisotopic (exact) mass is 374 g/mol. The molecule has 142 valence electrons. The van der Waals surface area contributed by atoms with Gasteiger partial charge in [0, 0.05) is 28.8 Å². The third-order valence-electron chi connectivity index (χ3n) is 3.55. The quantitative estimate of drug-likeness (QED) is 0.426. The van der Waals surface area contributed by atoms with Crippen LogP contribution in [0, 0.1) is 17.0 Å². The van der Waals surface area contributed by atoms with Gasteiger partial charge in [0.15, 0.2) is 0 Å². The lowest BCUT2D eigenvalue weighted by Gasteiger charge is -2.16. The maximum atomic E-state index is 14.4. The Bertz CT molecular complexity index is 911. The molecule has 0 unspecified atom stereocenters. The Kier molecular flexibility index (Phi) is 5.78. The molecule has 0 atom stereocenters. The molecule has 0 aliphatic rings. The minimum absolute atomic E-state index is 0.0131. The predicted molar refractivity (Wildman–Crippen MR) is 97.3 cm³/mol. The molecule has 0 bridgehead atoms. The Morgan fingerprint density at radius 3 is 1.70 bits per heavy atom. The van der Waals surface area contributed by atoms with Gasteiger partial charge in [-0.3, -0.25) is 4.79 Å². The zero-order chi connectivity index (χ0) is 20.4. The van der Waals surface area contributed by atoms with Crippen LogP contribution < -0.4 is 9.47 Å². The van der Waals surface area contributed by atoms with Crippen molar-refractivity contribution in [2.45, 2.75) is 27.7 Å². The molecule has 27 heavy (non-hydrogen) atoms. The van der Waals surface area contributed by atoms with Crippen molar-refractivity contribution < 1.29 is 27.8 Å². The molecule has 0 saturated heterocycles. The molecule has 0 saturated carbocycles. The minimum Gasteiger partial charge on any atom is -0.426 e. The van der Waals surface area contributed by atoms with Crippen molar-refractivity contribution in [2.75, 3.05) is 0 Å². The van der Waals surface area contributed by atoms with Crippen LogP contribution in [-0.2, 0) is 9.59 Å². The van der Waals surface area contributed by atoms with Crippen molar-refractivity contribution >= 4 is 11.9 Å². The van der Waals surface area contributed by atoms with Crippen molar-refractivity contribution in [3.8, 4) is 22.6 Å². The smallest absolute Gasteiger partial charge is 0.338 e. The van der Waals surface area contributed by atoms with Gasteiger partial charge in [-0.15, -0.1) is 0 Å². The summed E-state index contributed by atoms with van der Waals surface area (Å²) in [5.74, 6) is -2.69. The molecule has 0 aliphatic carbocycles. The van der Waals surface area contributed by atoms with Gasteiger partial charge in [-0.1, -0.05) is 6.58 Å². The summed E-state index contributed by atoms with van der Waals surface area (Å²) in [5.41, 5.74) is -0.596. The molecule has 2 rings (SSSR count). The number of hydrogen-bond acceptors (Lipinski definition) is 4. The summed E-state index contributed by atoms with van der Waals surface area (Å²) in [5, 5.41) is 0. The Hall–Kier alpha value is -3.02. The second-order valence-corrected chi connectivity index (χ2v) is 7.09. The highest BCUT2D eigenvalue weighted by molar-refractivity contribution is 5.88. The average molecular weight is 374 g/mol. The van der Waals surface area contributed by atoms with E-state index < -0.39 is 29.0 Å². The van der Waals surface area contributed by atoms with Gasteiger partial charge in [0.25, 0.3) is 0 Å². The number of hydrogen-bond donors (Lipinski definition) is 0. The highest BCUT2D eigenvalue weighted by Gasteiger charge is 2.24. The van der Waals surface area contributed by atoms with E-state index in [0.29, 0.717) is 0 Å². The van der Waals surface area contributed by atoms with Crippen molar-refractivity contribution in [2.24, 2.45) is 5.41 Å². The van der Waals surface area contributed by atoms with Crippen LogP contribution in [0.4, 0.5) is 8.78 Å². The SMILES string of the molecule is C=C(C)C(=O)Oc1ccc(-c2ccc(OC(=O)C(C)(C)C)cc2F)c(F)c1. The van der Waals surface area contributed by atoms with Gasteiger partial charge in [-0.2, -0.15) is 0 Å². The number of rotatable bonds is 4. The van der Waals surface area contributed by atoms with Crippen LogP contribution in [0.5, 0.6) is 11.5 Å². The van der Waals surface area contributed by atoms with Crippen molar-refractivity contribution in [3.63, 3.8) is 0 Å². The van der Waals surface area contributed by atoms with E-state index in [1.165, 1.54) is 31.2 Å². The first kappa shape index (κ1) is 20.3. The standard InChI is InChI=1S/C21H20F2O4/c1-12(2)19(24)26-13-6-8-15(17(22)10-13)16-9-7-14(11-18(16)23)27-20(25)21(3,4)5/h6-11H,1H2,2-5H3. The molecule has 0 N–H and O–H groups in total. The molecule has 0 heterocycles. The lowest BCUT2D eigenvalue weighted by Crippen LogP contribution is -2.25. The van der Waals surface area contributed by atoms with Gasteiger partial charge in [0.1, 0.15) is 23.1 Å². The summed E-state index contributed by atoms with van der Waals surface area (Å²) < 4.78 is 38.9. The van der Waals surface area contributed by atoms with E-state index in [2.05, 4.69) is 6.58 Å². The Labute approximate surface area is 156 Å². The van der Waals surface area contributed by atoms with E-state index >= 15 is 0 Å². The number of halogens is 2. The number of benzene rings is 2. The summed E-state index contributed by atoms with van der Waals surface area (Å²) in [6, 6.07) is 7.37. The van der Waals surface area contributed by atoms with Gasteiger partial charge in [0.2, 0.25) is 0 Å². The van der Waals surface area contributed by atoms with E-state index in [1.54, 1.807) is 20.8 Å². The van der Waals surface area contributed by atoms with Crippen molar-refractivity contribution in [3.05, 3.63) is 60.2 Å². The lowest BCUT2D eigenvalue weighted by molar-refractivity contribution is -0.143. The molecule has 0 aliphatic heterocycles. The van der Waals surface area contributed by atoms with Gasteiger partial charge in [0.05, 0.1) is 5.41 Å². The van der Waals surface area contributed by atoms with Gasteiger partial charge in [-0.25, -0.2) is 13.6 Å². The summed E-state index contributed by atoms with van der Waals surface area (Å²) in [7, 11) is 0. The molecule has 0 aromatic heterocycles. The first-order valence-electron chi connectivity index (χ1n) is 8.18. The van der Waals surface area contributed by atoms with E-state index in [-0.39, 0.29) is 28.2 Å². The Morgan fingerprint density at radius 2 is 1.33 bits per heavy atom. The number of esters is 2. The van der Waals surface area contributed by atoms with E-state index in [1.807, 2.05) is 0 Å². The molecular formula is C21H20F2O4. The van der Waals surface area contributed by atoms with Gasteiger partial charge >= 0.3 is 11.9 Å². The fourth-order valence-electron chi connectivity index (χ4n) is 2.01. The van der Waals surface area contributed by atoms with Crippen LogP contribution in [0.3, 0.4) is 0 Å². The maximum Gasteiger partial charge on any atom is 0.338 e. The number of carbonyl (C=O) groups excluding carboxylic acids is 2. The molecular weight excluding hydrogens is 354 g/mol. The van der Waals surface area contributed by atoms with E-state index in [4.69, 9.17) is 9.47 Å². The summed E-state index contributed by atoms with van der Waals surface area (Å²) >= 11 is 0. The third kappa shape index (κ3) is 5.00. The molecule has 0 radical (unpaired) electrons. The highest BCUT2D eigenvalue weighted by atomic mass is 19.1. The first-order chi connectivity index (χ1) is 12.5. The fraction of sp³-hybridized carbons (Fsp3) is 0.238. The topological polar surface area (TPSA) is 52.6 Å². The Morgan fingerprint density at radius 1 is 0.889 bits per heavy atom. The molecule has 6 heteroatoms. The van der Waals surface area contributed by atoms with E-state index in [0.717, 1.165) is 12.1 Å². The molecule has 0 spiro atoms. The Balaban J connectivity index is 2.27. The molecule has 2 aromatic carbocycles. The van der Waals surface area contributed by atoms with Gasteiger partial charge < -0.3 is 9.47 Å². The highest BCUT2D eigenvalue weighted by Crippen LogP contribution is 2.31. The largest absolute Gasteiger partial charge is 0.426 e. The average Bonchev–Trinajstić information content (AvgIpc) is 2.55. The number of ether oxygens (including phenoxy) is 2. The van der Waals surface area contributed by atoms with Gasteiger partial charge in [-0.05, 0) is 52.0 Å². The van der Waals surface area contributed by atoms with Crippen molar-refractivity contribution in [1.29, 1.82) is 0 Å². The fourth-order valence-corrected chi connectivity index (χ4v) is 2.01. The number of carbonyl (C=O) groups is 2.